The average Bonchev–Trinajstić information content (AvgIpc) is 2.42. The van der Waals surface area contributed by atoms with Crippen molar-refractivity contribution in [2.75, 3.05) is 13.1 Å². The highest BCUT2D eigenvalue weighted by Crippen LogP contribution is 2.41. The SMILES string of the molecule is CC(C)N1CC(C(C)(C)CCC(C)(C)NC2CCC(C(C)(C)C)CC2)C1. The molecule has 2 aliphatic rings. The van der Waals surface area contributed by atoms with Gasteiger partial charge in [0.05, 0.1) is 0 Å². The van der Waals surface area contributed by atoms with Gasteiger partial charge < -0.3 is 10.2 Å². The molecule has 0 aromatic carbocycles. The normalized spacial score (nSPS) is 27.0. The van der Waals surface area contributed by atoms with Crippen LogP contribution < -0.4 is 5.32 Å². The third-order valence-corrected chi connectivity index (χ3v) is 7.69. The van der Waals surface area contributed by atoms with E-state index >= 15 is 0 Å². The summed E-state index contributed by atoms with van der Waals surface area (Å²) in [7, 11) is 0. The lowest BCUT2D eigenvalue weighted by Crippen LogP contribution is -2.56. The lowest BCUT2D eigenvalue weighted by Gasteiger charge is -2.50. The van der Waals surface area contributed by atoms with Crippen LogP contribution >= 0.6 is 0 Å². The Bertz CT molecular complexity index is 430. The Labute approximate surface area is 164 Å². The van der Waals surface area contributed by atoms with Gasteiger partial charge in [0.1, 0.15) is 0 Å². The molecule has 1 heterocycles. The molecule has 1 N–H and O–H groups in total. The third kappa shape index (κ3) is 5.96. The topological polar surface area (TPSA) is 15.3 Å². The van der Waals surface area contributed by atoms with E-state index in [1.54, 1.807) is 0 Å². The monoisotopic (exact) mass is 364 g/mol. The summed E-state index contributed by atoms with van der Waals surface area (Å²) < 4.78 is 0. The van der Waals surface area contributed by atoms with Crippen LogP contribution in [-0.2, 0) is 0 Å². The zero-order chi connectivity index (χ0) is 19.8. The lowest BCUT2D eigenvalue weighted by atomic mass is 9.69. The number of hydrogen-bond acceptors (Lipinski definition) is 2. The molecule has 0 aromatic rings. The van der Waals surface area contributed by atoms with E-state index in [4.69, 9.17) is 0 Å². The van der Waals surface area contributed by atoms with Gasteiger partial charge in [-0.05, 0) is 88.9 Å². The predicted molar refractivity (Wildman–Crippen MR) is 116 cm³/mol. The minimum atomic E-state index is 0.262. The van der Waals surface area contributed by atoms with Crippen LogP contribution in [0, 0.1) is 22.7 Å². The van der Waals surface area contributed by atoms with Crippen LogP contribution in [0.25, 0.3) is 0 Å². The van der Waals surface area contributed by atoms with Crippen LogP contribution in [0.5, 0.6) is 0 Å². The highest BCUT2D eigenvalue weighted by Gasteiger charge is 2.40. The molecular formula is C24H48N2. The van der Waals surface area contributed by atoms with E-state index in [1.165, 1.54) is 51.6 Å². The highest BCUT2D eigenvalue weighted by atomic mass is 15.2. The number of nitrogens with zero attached hydrogens (tertiary/aromatic N) is 1. The zero-order valence-corrected chi connectivity index (χ0v) is 19.4. The van der Waals surface area contributed by atoms with Gasteiger partial charge in [-0.25, -0.2) is 0 Å². The van der Waals surface area contributed by atoms with E-state index in [9.17, 15) is 0 Å². The van der Waals surface area contributed by atoms with E-state index in [-0.39, 0.29) is 5.54 Å². The van der Waals surface area contributed by atoms with E-state index in [0.717, 1.165) is 17.9 Å². The van der Waals surface area contributed by atoms with E-state index < -0.39 is 0 Å². The molecular weight excluding hydrogens is 316 g/mol. The fourth-order valence-corrected chi connectivity index (χ4v) is 5.00. The van der Waals surface area contributed by atoms with Gasteiger partial charge in [-0.3, -0.25) is 0 Å². The fourth-order valence-electron chi connectivity index (χ4n) is 5.00. The molecule has 154 valence electrons. The Morgan fingerprint density at radius 1 is 0.808 bits per heavy atom. The van der Waals surface area contributed by atoms with Crippen molar-refractivity contribution in [1.29, 1.82) is 0 Å². The van der Waals surface area contributed by atoms with Crippen molar-refractivity contribution in [3.63, 3.8) is 0 Å². The Hall–Kier alpha value is -0.0800. The average molecular weight is 365 g/mol. The number of rotatable bonds is 7. The molecule has 0 spiro atoms. The summed E-state index contributed by atoms with van der Waals surface area (Å²) in [5.41, 5.74) is 1.21. The zero-order valence-electron chi connectivity index (χ0n) is 19.4. The van der Waals surface area contributed by atoms with E-state index in [0.29, 0.717) is 16.9 Å². The summed E-state index contributed by atoms with van der Waals surface area (Å²) in [6.45, 7) is 24.4. The van der Waals surface area contributed by atoms with Crippen LogP contribution in [0.15, 0.2) is 0 Å². The summed E-state index contributed by atoms with van der Waals surface area (Å²) >= 11 is 0. The van der Waals surface area contributed by atoms with Gasteiger partial charge in [0.15, 0.2) is 0 Å². The van der Waals surface area contributed by atoms with Crippen LogP contribution in [0.3, 0.4) is 0 Å². The van der Waals surface area contributed by atoms with Crippen molar-refractivity contribution < 1.29 is 0 Å². The van der Waals surface area contributed by atoms with Gasteiger partial charge >= 0.3 is 0 Å². The second kappa shape index (κ2) is 8.11. The second-order valence-corrected chi connectivity index (χ2v) is 12.2. The van der Waals surface area contributed by atoms with Crippen molar-refractivity contribution in [3.8, 4) is 0 Å². The van der Waals surface area contributed by atoms with E-state index in [2.05, 4.69) is 72.5 Å². The molecule has 0 bridgehead atoms. The molecule has 0 aromatic heterocycles. The molecule has 2 nitrogen and oxygen atoms in total. The van der Waals surface area contributed by atoms with E-state index in [1.807, 2.05) is 0 Å². The molecule has 2 fully saturated rings. The Morgan fingerprint density at radius 3 is 1.81 bits per heavy atom. The lowest BCUT2D eigenvalue weighted by molar-refractivity contribution is -0.0126. The maximum absolute atomic E-state index is 4.03. The number of nitrogens with one attached hydrogen (secondary N) is 1. The molecule has 26 heavy (non-hydrogen) atoms. The summed E-state index contributed by atoms with van der Waals surface area (Å²) in [4.78, 5) is 2.61. The maximum Gasteiger partial charge on any atom is 0.0127 e. The summed E-state index contributed by atoms with van der Waals surface area (Å²) in [5, 5.41) is 4.03. The molecule has 0 radical (unpaired) electrons. The maximum atomic E-state index is 4.03. The first kappa shape index (κ1) is 22.2. The molecule has 1 aliphatic carbocycles. The van der Waals surface area contributed by atoms with Gasteiger partial charge in [0.25, 0.3) is 0 Å². The van der Waals surface area contributed by atoms with Gasteiger partial charge in [0.2, 0.25) is 0 Å². The van der Waals surface area contributed by atoms with Gasteiger partial charge in [-0.1, -0.05) is 34.6 Å². The number of hydrogen-bond donors (Lipinski definition) is 1. The first-order valence-corrected chi connectivity index (χ1v) is 11.3. The molecule has 2 heteroatoms. The molecule has 1 saturated heterocycles. The van der Waals surface area contributed by atoms with Crippen LogP contribution in [0.2, 0.25) is 0 Å². The van der Waals surface area contributed by atoms with Gasteiger partial charge in [-0.2, -0.15) is 0 Å². The Morgan fingerprint density at radius 2 is 1.35 bits per heavy atom. The van der Waals surface area contributed by atoms with Crippen molar-refractivity contribution in [2.24, 2.45) is 22.7 Å². The second-order valence-electron chi connectivity index (χ2n) is 12.2. The molecule has 0 amide bonds. The standard InChI is InChI=1S/C24H48N2/c1-18(2)26-16-20(17-26)23(6,7)14-15-24(8,9)25-21-12-10-19(11-13-21)22(3,4)5/h18-21,25H,10-17H2,1-9H3. The third-order valence-electron chi connectivity index (χ3n) is 7.69. The molecule has 0 atom stereocenters. The molecule has 1 saturated carbocycles. The van der Waals surface area contributed by atoms with Crippen LogP contribution in [0.4, 0.5) is 0 Å². The summed E-state index contributed by atoms with van der Waals surface area (Å²) in [6.07, 6.45) is 8.14. The molecule has 2 rings (SSSR count). The summed E-state index contributed by atoms with van der Waals surface area (Å²) in [6, 6.07) is 1.44. The number of likely N-dealkylation sites (tertiary alicyclic amines) is 1. The Kier molecular flexibility index (Phi) is 6.93. The van der Waals surface area contributed by atoms with Crippen molar-refractivity contribution in [3.05, 3.63) is 0 Å². The van der Waals surface area contributed by atoms with Crippen molar-refractivity contribution in [1.82, 2.24) is 10.2 Å². The largest absolute Gasteiger partial charge is 0.309 e. The first-order chi connectivity index (χ1) is 11.8. The summed E-state index contributed by atoms with van der Waals surface area (Å²) in [5.74, 6) is 1.79. The minimum absolute atomic E-state index is 0.262. The van der Waals surface area contributed by atoms with Gasteiger partial charge in [0, 0.05) is 30.7 Å². The quantitative estimate of drug-likeness (QED) is 0.586. The fraction of sp³-hybridized carbons (Fsp3) is 1.00. The van der Waals surface area contributed by atoms with Crippen LogP contribution in [-0.4, -0.2) is 35.6 Å². The van der Waals surface area contributed by atoms with Crippen LogP contribution in [0.1, 0.15) is 101 Å². The smallest absolute Gasteiger partial charge is 0.0127 e. The molecule has 0 unspecified atom stereocenters. The van der Waals surface area contributed by atoms with Crippen molar-refractivity contribution in [2.45, 2.75) is 118 Å². The first-order valence-electron chi connectivity index (χ1n) is 11.3. The van der Waals surface area contributed by atoms with Gasteiger partial charge in [-0.15, -0.1) is 0 Å². The minimum Gasteiger partial charge on any atom is -0.309 e. The predicted octanol–water partition coefficient (Wildman–Crippen LogP) is 6.11. The van der Waals surface area contributed by atoms with Crippen molar-refractivity contribution >= 4 is 0 Å². The highest BCUT2D eigenvalue weighted by molar-refractivity contribution is 4.94. The Balaban J connectivity index is 1.75. The molecule has 1 aliphatic heterocycles.